The minimum absolute atomic E-state index is 0.0425. The first-order valence-corrected chi connectivity index (χ1v) is 7.57. The smallest absolute Gasteiger partial charge is 0.360 e. The molecule has 0 fully saturated rings. The van der Waals surface area contributed by atoms with Crippen LogP contribution in [0.2, 0.25) is 0 Å². The Balaban J connectivity index is 2.56. The van der Waals surface area contributed by atoms with Crippen molar-refractivity contribution in [2.24, 2.45) is 0 Å². The van der Waals surface area contributed by atoms with E-state index in [-0.39, 0.29) is 18.1 Å². The van der Waals surface area contributed by atoms with Crippen molar-refractivity contribution in [1.82, 2.24) is 9.78 Å². The first kappa shape index (κ1) is 15.4. The molecule has 1 heterocycles. The third kappa shape index (κ3) is 3.20. The van der Waals surface area contributed by atoms with Gasteiger partial charge < -0.3 is 10.5 Å². The number of halogens is 1. The Bertz CT molecular complexity index is 723. The van der Waals surface area contributed by atoms with Crippen LogP contribution >= 0.6 is 27.7 Å². The number of aromatic nitrogens is 2. The fourth-order valence-corrected chi connectivity index (χ4v) is 2.59. The molecule has 2 N–H and O–H groups in total. The van der Waals surface area contributed by atoms with Gasteiger partial charge in [0.2, 0.25) is 0 Å². The molecule has 0 aliphatic heterocycles. The molecule has 0 amide bonds. The summed E-state index contributed by atoms with van der Waals surface area (Å²) < 4.78 is 7.20. The lowest BCUT2D eigenvalue weighted by Crippen LogP contribution is -2.07. The van der Waals surface area contributed by atoms with E-state index in [0.29, 0.717) is 10.6 Å². The van der Waals surface area contributed by atoms with E-state index in [0.717, 1.165) is 16.2 Å². The number of nitrogens with zero attached hydrogens (tertiary/aromatic N) is 3. The summed E-state index contributed by atoms with van der Waals surface area (Å²) >= 11 is 4.15. The molecule has 0 radical (unpaired) electrons. The highest BCUT2D eigenvalue weighted by Gasteiger charge is 2.24. The number of carbonyl (C=O) groups excluding carboxylic acids is 1. The van der Waals surface area contributed by atoms with Gasteiger partial charge in [0.1, 0.15) is 11.2 Å². The predicted octanol–water partition coefficient (Wildman–Crippen LogP) is 2.97. The number of thiocyanates is 1. The van der Waals surface area contributed by atoms with Crippen molar-refractivity contribution in [1.29, 1.82) is 5.26 Å². The van der Waals surface area contributed by atoms with Gasteiger partial charge in [0.05, 0.1) is 17.2 Å². The molecule has 0 saturated heterocycles. The van der Waals surface area contributed by atoms with Gasteiger partial charge in [0.25, 0.3) is 0 Å². The minimum Gasteiger partial charge on any atom is -0.461 e. The van der Waals surface area contributed by atoms with E-state index in [1.54, 1.807) is 19.1 Å². The number of hydrogen-bond acceptors (Lipinski definition) is 6. The zero-order valence-corrected chi connectivity index (χ0v) is 13.4. The first-order valence-electron chi connectivity index (χ1n) is 5.96. The number of nitriles is 1. The number of benzene rings is 1. The molecule has 0 bridgehead atoms. The van der Waals surface area contributed by atoms with Crippen LogP contribution in [0.25, 0.3) is 5.69 Å². The molecule has 0 aliphatic rings. The van der Waals surface area contributed by atoms with Crippen LogP contribution < -0.4 is 5.73 Å². The van der Waals surface area contributed by atoms with Crippen LogP contribution in [0.5, 0.6) is 0 Å². The largest absolute Gasteiger partial charge is 0.461 e. The van der Waals surface area contributed by atoms with E-state index >= 15 is 0 Å². The third-order valence-corrected chi connectivity index (χ3v) is 3.74. The van der Waals surface area contributed by atoms with Gasteiger partial charge in [-0.05, 0) is 36.9 Å². The molecule has 0 saturated carbocycles. The van der Waals surface area contributed by atoms with Gasteiger partial charge in [0.15, 0.2) is 5.69 Å². The molecule has 0 unspecified atom stereocenters. The van der Waals surface area contributed by atoms with Crippen molar-refractivity contribution >= 4 is 39.5 Å². The summed E-state index contributed by atoms with van der Waals surface area (Å²) in [6.07, 6.45) is 0. The summed E-state index contributed by atoms with van der Waals surface area (Å²) in [6, 6.07) is 7.28. The van der Waals surface area contributed by atoms with Crippen LogP contribution in [0.3, 0.4) is 0 Å². The SMILES string of the molecule is CCOC(=O)c1nn(-c2cccc(Br)c2)c(N)c1SC#N. The Labute approximate surface area is 134 Å². The number of nitrogen functional groups attached to an aromatic ring is 1. The van der Waals surface area contributed by atoms with E-state index in [1.165, 1.54) is 4.68 Å². The van der Waals surface area contributed by atoms with Crippen LogP contribution in [0.4, 0.5) is 5.82 Å². The van der Waals surface area contributed by atoms with Crippen LogP contribution in [-0.4, -0.2) is 22.4 Å². The third-order valence-electron chi connectivity index (χ3n) is 2.55. The summed E-state index contributed by atoms with van der Waals surface area (Å²) in [5, 5.41) is 15.0. The van der Waals surface area contributed by atoms with Gasteiger partial charge >= 0.3 is 5.97 Å². The normalized spacial score (nSPS) is 10.1. The van der Waals surface area contributed by atoms with Crippen LogP contribution in [0.15, 0.2) is 33.6 Å². The second kappa shape index (κ2) is 6.65. The number of anilines is 1. The van der Waals surface area contributed by atoms with Crippen molar-refractivity contribution in [3.05, 3.63) is 34.4 Å². The van der Waals surface area contributed by atoms with Crippen molar-refractivity contribution in [3.8, 4) is 11.1 Å². The van der Waals surface area contributed by atoms with Gasteiger partial charge in [-0.2, -0.15) is 10.4 Å². The zero-order valence-electron chi connectivity index (χ0n) is 11.0. The molecule has 0 aliphatic carbocycles. The average Bonchev–Trinajstić information content (AvgIpc) is 2.77. The fraction of sp³-hybridized carbons (Fsp3) is 0.154. The second-order valence-electron chi connectivity index (χ2n) is 3.87. The van der Waals surface area contributed by atoms with Crippen LogP contribution in [-0.2, 0) is 4.74 Å². The monoisotopic (exact) mass is 366 g/mol. The molecular formula is C13H11BrN4O2S. The summed E-state index contributed by atoms with van der Waals surface area (Å²) in [7, 11) is 0. The predicted molar refractivity (Wildman–Crippen MR) is 83.1 cm³/mol. The van der Waals surface area contributed by atoms with Crippen LogP contribution in [0, 0.1) is 10.7 Å². The molecule has 21 heavy (non-hydrogen) atoms. The summed E-state index contributed by atoms with van der Waals surface area (Å²) in [4.78, 5) is 12.2. The molecule has 1 aromatic heterocycles. The Morgan fingerprint density at radius 1 is 1.62 bits per heavy atom. The zero-order chi connectivity index (χ0) is 15.4. The molecule has 1 aromatic carbocycles. The molecule has 2 aromatic rings. The van der Waals surface area contributed by atoms with E-state index in [4.69, 9.17) is 15.7 Å². The molecule has 2 rings (SSSR count). The number of nitrogens with two attached hydrogens (primary N) is 1. The maximum Gasteiger partial charge on any atom is 0.360 e. The minimum atomic E-state index is -0.601. The fourth-order valence-electron chi connectivity index (χ4n) is 1.70. The van der Waals surface area contributed by atoms with E-state index in [9.17, 15) is 4.79 Å². The van der Waals surface area contributed by atoms with Gasteiger partial charge in [-0.15, -0.1) is 0 Å². The highest BCUT2D eigenvalue weighted by Crippen LogP contribution is 2.31. The van der Waals surface area contributed by atoms with Crippen LogP contribution in [0.1, 0.15) is 17.4 Å². The highest BCUT2D eigenvalue weighted by molar-refractivity contribution is 9.10. The lowest BCUT2D eigenvalue weighted by molar-refractivity contribution is 0.0515. The maximum absolute atomic E-state index is 11.9. The number of thioether (sulfide) groups is 1. The quantitative estimate of drug-likeness (QED) is 0.507. The number of hydrogen-bond donors (Lipinski definition) is 1. The Kier molecular flexibility index (Phi) is 4.88. The average molecular weight is 367 g/mol. The molecule has 0 spiro atoms. The number of esters is 1. The van der Waals surface area contributed by atoms with E-state index in [1.807, 2.05) is 17.5 Å². The van der Waals surface area contributed by atoms with Crippen molar-refractivity contribution in [2.75, 3.05) is 12.3 Å². The number of rotatable bonds is 4. The number of carbonyl (C=O) groups is 1. The summed E-state index contributed by atoms with van der Waals surface area (Å²) in [5.41, 5.74) is 6.73. The highest BCUT2D eigenvalue weighted by atomic mass is 79.9. The summed E-state index contributed by atoms with van der Waals surface area (Å²) in [6.45, 7) is 1.92. The van der Waals surface area contributed by atoms with Crippen molar-refractivity contribution in [3.63, 3.8) is 0 Å². The Hall–Kier alpha value is -1.98. The molecule has 0 atom stereocenters. The van der Waals surface area contributed by atoms with Gasteiger partial charge in [-0.1, -0.05) is 22.0 Å². The Morgan fingerprint density at radius 3 is 3.00 bits per heavy atom. The molecular weight excluding hydrogens is 356 g/mol. The Morgan fingerprint density at radius 2 is 2.38 bits per heavy atom. The van der Waals surface area contributed by atoms with Gasteiger partial charge in [-0.3, -0.25) is 0 Å². The number of ether oxygens (including phenoxy) is 1. The standard InChI is InChI=1S/C13H11BrN4O2S/c1-2-20-13(19)10-11(21-7-15)12(16)18(17-10)9-5-3-4-8(14)6-9/h3-6H,2,16H2,1H3. The van der Waals surface area contributed by atoms with Gasteiger partial charge in [-0.25, -0.2) is 9.48 Å². The molecule has 8 heteroatoms. The van der Waals surface area contributed by atoms with Crippen molar-refractivity contribution in [2.45, 2.75) is 11.8 Å². The lowest BCUT2D eigenvalue weighted by atomic mass is 10.3. The second-order valence-corrected chi connectivity index (χ2v) is 5.58. The summed E-state index contributed by atoms with van der Waals surface area (Å²) in [5.74, 6) is -0.376. The van der Waals surface area contributed by atoms with E-state index in [2.05, 4.69) is 21.0 Å². The lowest BCUT2D eigenvalue weighted by Gasteiger charge is -2.04. The first-order chi connectivity index (χ1) is 10.1. The van der Waals surface area contributed by atoms with Gasteiger partial charge in [0, 0.05) is 4.47 Å². The topological polar surface area (TPSA) is 93.9 Å². The molecule has 108 valence electrons. The van der Waals surface area contributed by atoms with E-state index < -0.39 is 5.97 Å². The van der Waals surface area contributed by atoms with Crippen molar-refractivity contribution < 1.29 is 9.53 Å². The maximum atomic E-state index is 11.9. The molecule has 6 nitrogen and oxygen atoms in total.